The van der Waals surface area contributed by atoms with E-state index in [0.29, 0.717) is 19.4 Å². The fourth-order valence-corrected chi connectivity index (χ4v) is 6.38. The average Bonchev–Trinajstić information content (AvgIpc) is 3.32. The molecule has 0 aromatic carbocycles. The van der Waals surface area contributed by atoms with Crippen LogP contribution in [0.2, 0.25) is 0 Å². The number of rotatable bonds is 12. The van der Waals surface area contributed by atoms with Crippen molar-refractivity contribution in [3.63, 3.8) is 0 Å². The van der Waals surface area contributed by atoms with Crippen molar-refractivity contribution >= 4 is 17.8 Å². The van der Waals surface area contributed by atoms with Gasteiger partial charge in [0.25, 0.3) is 0 Å². The molecule has 0 saturated carbocycles. The van der Waals surface area contributed by atoms with Gasteiger partial charge in [-0.3, -0.25) is 14.4 Å². The number of likely N-dealkylation sites (tertiary alicyclic amines) is 1. The van der Waals surface area contributed by atoms with E-state index in [1.54, 1.807) is 17.9 Å². The molecule has 7 atom stereocenters. The third kappa shape index (κ3) is 4.33. The molecule has 3 unspecified atom stereocenters. The van der Waals surface area contributed by atoms with Crippen LogP contribution in [0.1, 0.15) is 60.3 Å². The normalized spacial score (nSPS) is 34.1. The monoisotopic (exact) mass is 490 g/mol. The van der Waals surface area contributed by atoms with Gasteiger partial charge in [-0.15, -0.1) is 13.2 Å². The molecule has 8 nitrogen and oxygen atoms in total. The molecule has 0 radical (unpaired) electrons. The molecule has 3 heterocycles. The van der Waals surface area contributed by atoms with Gasteiger partial charge in [-0.25, -0.2) is 0 Å². The molecule has 0 aromatic rings. The van der Waals surface area contributed by atoms with E-state index in [-0.39, 0.29) is 37.0 Å². The largest absolute Gasteiger partial charge is 0.465 e. The highest BCUT2D eigenvalue weighted by molar-refractivity contribution is 5.98. The first kappa shape index (κ1) is 27.4. The van der Waals surface area contributed by atoms with Gasteiger partial charge < -0.3 is 24.4 Å². The Hall–Kier alpha value is -2.19. The van der Waals surface area contributed by atoms with E-state index >= 15 is 0 Å². The number of esters is 1. The Kier molecular flexibility index (Phi) is 8.16. The zero-order valence-corrected chi connectivity index (χ0v) is 21.9. The summed E-state index contributed by atoms with van der Waals surface area (Å²) in [5.41, 5.74) is -2.06. The van der Waals surface area contributed by atoms with E-state index in [2.05, 4.69) is 13.2 Å². The van der Waals surface area contributed by atoms with Gasteiger partial charge in [0.15, 0.2) is 0 Å². The number of amides is 2. The number of carbonyl (C=O) groups excluding carboxylic acids is 3. The van der Waals surface area contributed by atoms with Crippen molar-refractivity contribution in [1.29, 1.82) is 0 Å². The predicted octanol–water partition coefficient (Wildman–Crippen LogP) is 2.70. The van der Waals surface area contributed by atoms with Gasteiger partial charge >= 0.3 is 5.97 Å². The predicted molar refractivity (Wildman–Crippen MR) is 132 cm³/mol. The van der Waals surface area contributed by atoms with Gasteiger partial charge in [0.1, 0.15) is 17.6 Å². The van der Waals surface area contributed by atoms with Crippen molar-refractivity contribution in [2.24, 2.45) is 17.8 Å². The highest BCUT2D eigenvalue weighted by Crippen LogP contribution is 2.65. The number of unbranched alkanes of at least 4 members (excludes halogenated alkanes) is 2. The van der Waals surface area contributed by atoms with Crippen LogP contribution in [0.3, 0.4) is 0 Å². The third-order valence-electron chi connectivity index (χ3n) is 8.26. The van der Waals surface area contributed by atoms with Crippen molar-refractivity contribution in [3.8, 4) is 0 Å². The van der Waals surface area contributed by atoms with Crippen molar-refractivity contribution in [1.82, 2.24) is 9.80 Å². The second kappa shape index (κ2) is 10.4. The molecule has 1 spiro atoms. The lowest BCUT2D eigenvalue weighted by Gasteiger charge is -2.39. The van der Waals surface area contributed by atoms with Crippen LogP contribution in [0.15, 0.2) is 25.3 Å². The standard InChI is InChI=1S/C27H42N2O6/c1-8-10-11-12-14-34-25(33)21-20-23(31)29(19(6)16-30)22(24(32)28(13-9-2)17(3)4)27(20)15-18(5)26(21,7)35-27/h8-9,17-22,30H,1-2,10-16H2,3-7H3/t18?,19-,20+,21+,22?,26-,27?/m1/s1. The summed E-state index contributed by atoms with van der Waals surface area (Å²) in [5.74, 6) is -2.71. The van der Waals surface area contributed by atoms with Crippen LogP contribution >= 0.6 is 0 Å². The maximum Gasteiger partial charge on any atom is 0.312 e. The number of fused-ring (bicyclic) bond motifs is 1. The van der Waals surface area contributed by atoms with E-state index in [1.807, 2.05) is 33.8 Å². The van der Waals surface area contributed by atoms with Crippen LogP contribution in [0.25, 0.3) is 0 Å². The SMILES string of the molecule is C=CCCCCOC(=O)[C@@H]1[C@H]2C(=O)N([C@H](C)CO)C(C(=O)N(CC=C)C(C)C)C23CC(C)[C@@]1(C)O3. The molecule has 0 aromatic heterocycles. The Morgan fingerprint density at radius 3 is 2.54 bits per heavy atom. The maximum atomic E-state index is 14.0. The average molecular weight is 491 g/mol. The van der Waals surface area contributed by atoms with Crippen LogP contribution in [0.4, 0.5) is 0 Å². The minimum absolute atomic E-state index is 0.0588. The molecule has 3 aliphatic rings. The quantitative estimate of drug-likeness (QED) is 0.257. The molecule has 196 valence electrons. The summed E-state index contributed by atoms with van der Waals surface area (Å²) >= 11 is 0. The topological polar surface area (TPSA) is 96.4 Å². The highest BCUT2D eigenvalue weighted by atomic mass is 16.6. The van der Waals surface area contributed by atoms with Crippen LogP contribution < -0.4 is 0 Å². The highest BCUT2D eigenvalue weighted by Gasteiger charge is 2.80. The van der Waals surface area contributed by atoms with Crippen molar-refractivity contribution in [3.05, 3.63) is 25.3 Å². The number of aliphatic hydroxyl groups excluding tert-OH is 1. The van der Waals surface area contributed by atoms with Gasteiger partial charge in [0.05, 0.1) is 30.8 Å². The molecule has 2 bridgehead atoms. The molecule has 1 N–H and O–H groups in total. The molecule has 3 rings (SSSR count). The smallest absolute Gasteiger partial charge is 0.312 e. The number of aliphatic hydroxyl groups is 1. The van der Waals surface area contributed by atoms with Gasteiger partial charge in [0, 0.05) is 12.6 Å². The van der Waals surface area contributed by atoms with E-state index in [4.69, 9.17) is 9.47 Å². The first-order chi connectivity index (χ1) is 16.5. The summed E-state index contributed by atoms with van der Waals surface area (Å²) in [6, 6.07) is -1.66. The lowest BCUT2D eigenvalue weighted by molar-refractivity contribution is -0.163. The third-order valence-corrected chi connectivity index (χ3v) is 8.26. The lowest BCUT2D eigenvalue weighted by atomic mass is 9.62. The number of allylic oxidation sites excluding steroid dienone is 1. The summed E-state index contributed by atoms with van der Waals surface area (Å²) in [4.78, 5) is 44.5. The number of ether oxygens (including phenoxy) is 2. The second-order valence-corrected chi connectivity index (χ2v) is 10.8. The van der Waals surface area contributed by atoms with E-state index in [1.165, 1.54) is 4.90 Å². The Labute approximate surface area is 209 Å². The second-order valence-electron chi connectivity index (χ2n) is 10.8. The molecule has 3 fully saturated rings. The molecule has 35 heavy (non-hydrogen) atoms. The minimum Gasteiger partial charge on any atom is -0.465 e. The van der Waals surface area contributed by atoms with Crippen LogP contribution in [0.5, 0.6) is 0 Å². The van der Waals surface area contributed by atoms with E-state index < -0.39 is 41.1 Å². The first-order valence-corrected chi connectivity index (χ1v) is 12.8. The Morgan fingerprint density at radius 1 is 1.29 bits per heavy atom. The van der Waals surface area contributed by atoms with Gasteiger partial charge in [-0.05, 0) is 59.3 Å². The fourth-order valence-electron chi connectivity index (χ4n) is 6.38. The number of carbonyl (C=O) groups is 3. The van der Waals surface area contributed by atoms with Crippen molar-refractivity contribution < 1.29 is 29.0 Å². The van der Waals surface area contributed by atoms with Gasteiger partial charge in [-0.2, -0.15) is 0 Å². The molecule has 8 heteroatoms. The number of nitrogens with zero attached hydrogens (tertiary/aromatic N) is 2. The number of hydrogen-bond donors (Lipinski definition) is 1. The molecular formula is C27H42N2O6. The van der Waals surface area contributed by atoms with Gasteiger partial charge in [0.2, 0.25) is 11.8 Å². The lowest BCUT2D eigenvalue weighted by Crippen LogP contribution is -2.59. The Morgan fingerprint density at radius 2 is 1.97 bits per heavy atom. The van der Waals surface area contributed by atoms with Gasteiger partial charge in [-0.1, -0.05) is 19.1 Å². The Balaban J connectivity index is 2.01. The molecule has 3 saturated heterocycles. The van der Waals surface area contributed by atoms with Crippen LogP contribution in [0, 0.1) is 17.8 Å². The van der Waals surface area contributed by atoms with Crippen molar-refractivity contribution in [2.45, 2.75) is 89.6 Å². The fraction of sp³-hybridized carbons (Fsp3) is 0.741. The number of hydrogen-bond acceptors (Lipinski definition) is 6. The van der Waals surface area contributed by atoms with Crippen LogP contribution in [-0.4, -0.2) is 81.8 Å². The minimum atomic E-state index is -1.15. The zero-order chi connectivity index (χ0) is 26.1. The van der Waals surface area contributed by atoms with Crippen molar-refractivity contribution in [2.75, 3.05) is 19.8 Å². The van der Waals surface area contributed by atoms with E-state index in [0.717, 1.165) is 12.8 Å². The zero-order valence-electron chi connectivity index (χ0n) is 21.9. The summed E-state index contributed by atoms with van der Waals surface area (Å²) in [7, 11) is 0. The van der Waals surface area contributed by atoms with E-state index in [9.17, 15) is 19.5 Å². The molecular weight excluding hydrogens is 448 g/mol. The Bertz CT molecular complexity index is 859. The van der Waals surface area contributed by atoms with Crippen LogP contribution in [-0.2, 0) is 23.9 Å². The molecule has 2 amide bonds. The summed E-state index contributed by atoms with van der Waals surface area (Å²) in [6.45, 7) is 17.2. The summed E-state index contributed by atoms with van der Waals surface area (Å²) < 4.78 is 12.3. The molecule has 3 aliphatic heterocycles. The molecule has 0 aliphatic carbocycles. The summed E-state index contributed by atoms with van der Waals surface area (Å²) in [5, 5.41) is 9.98. The maximum absolute atomic E-state index is 14.0. The first-order valence-electron chi connectivity index (χ1n) is 12.8. The summed E-state index contributed by atoms with van der Waals surface area (Å²) in [6.07, 6.45) is 6.39.